The Morgan fingerprint density at radius 1 is 1.40 bits per heavy atom. The van der Waals surface area contributed by atoms with Crippen molar-refractivity contribution in [3.63, 3.8) is 0 Å². The Labute approximate surface area is 121 Å². The summed E-state index contributed by atoms with van der Waals surface area (Å²) in [5, 5.41) is 3.42. The summed E-state index contributed by atoms with van der Waals surface area (Å²) in [6.45, 7) is 7.44. The summed E-state index contributed by atoms with van der Waals surface area (Å²) < 4.78 is 16.6. The lowest BCUT2D eigenvalue weighted by Crippen LogP contribution is -2.17. The molecular formula is C16H25NO3. The first-order valence-electron chi connectivity index (χ1n) is 7.39. The van der Waals surface area contributed by atoms with Crippen molar-refractivity contribution in [1.29, 1.82) is 0 Å². The number of methoxy groups -OCH3 is 1. The third-order valence-corrected chi connectivity index (χ3v) is 3.46. The lowest BCUT2D eigenvalue weighted by molar-refractivity contribution is 0.144. The summed E-state index contributed by atoms with van der Waals surface area (Å²) in [6, 6.07) is 4.21. The highest BCUT2D eigenvalue weighted by molar-refractivity contribution is 5.48. The van der Waals surface area contributed by atoms with Crippen LogP contribution in [-0.4, -0.2) is 33.0 Å². The normalized spacial score (nSPS) is 16.9. The van der Waals surface area contributed by atoms with Gasteiger partial charge in [-0.2, -0.15) is 0 Å². The second-order valence-corrected chi connectivity index (χ2v) is 5.13. The number of rotatable bonds is 8. The van der Waals surface area contributed by atoms with E-state index in [1.54, 1.807) is 7.11 Å². The van der Waals surface area contributed by atoms with E-state index in [1.807, 2.05) is 6.92 Å². The number of ether oxygens (including phenoxy) is 3. The van der Waals surface area contributed by atoms with E-state index in [0.717, 1.165) is 56.2 Å². The van der Waals surface area contributed by atoms with Gasteiger partial charge >= 0.3 is 0 Å². The van der Waals surface area contributed by atoms with Crippen molar-refractivity contribution in [3.05, 3.63) is 23.3 Å². The molecule has 1 aromatic carbocycles. The fourth-order valence-corrected chi connectivity index (χ4v) is 2.48. The van der Waals surface area contributed by atoms with Crippen molar-refractivity contribution in [2.45, 2.75) is 39.3 Å². The minimum atomic E-state index is 0.268. The smallest absolute Gasteiger partial charge is 0.123 e. The van der Waals surface area contributed by atoms with Gasteiger partial charge in [-0.25, -0.2) is 0 Å². The topological polar surface area (TPSA) is 39.7 Å². The molecule has 0 aliphatic carbocycles. The Balaban J connectivity index is 1.89. The summed E-state index contributed by atoms with van der Waals surface area (Å²) in [7, 11) is 1.72. The van der Waals surface area contributed by atoms with Crippen LogP contribution in [0.4, 0.5) is 0 Å². The summed E-state index contributed by atoms with van der Waals surface area (Å²) >= 11 is 0. The van der Waals surface area contributed by atoms with Gasteiger partial charge in [0.15, 0.2) is 0 Å². The second kappa shape index (κ2) is 7.50. The van der Waals surface area contributed by atoms with E-state index < -0.39 is 0 Å². The van der Waals surface area contributed by atoms with Crippen molar-refractivity contribution in [2.24, 2.45) is 0 Å². The molecule has 1 aliphatic rings. The molecule has 0 aromatic heterocycles. The number of benzene rings is 1. The zero-order chi connectivity index (χ0) is 14.4. The Morgan fingerprint density at radius 2 is 2.25 bits per heavy atom. The highest BCUT2D eigenvalue weighted by Gasteiger charge is 2.21. The lowest BCUT2D eigenvalue weighted by atomic mass is 10.1. The SMILES string of the molecule is CCOCCCNCc1cc2c(cc1OC)CC(C)O2. The van der Waals surface area contributed by atoms with Crippen molar-refractivity contribution in [3.8, 4) is 11.5 Å². The molecule has 1 aliphatic heterocycles. The van der Waals surface area contributed by atoms with E-state index in [2.05, 4.69) is 24.4 Å². The van der Waals surface area contributed by atoms with Crippen molar-refractivity contribution >= 4 is 0 Å². The van der Waals surface area contributed by atoms with Crippen LogP contribution in [0.15, 0.2) is 12.1 Å². The van der Waals surface area contributed by atoms with Gasteiger partial charge in [-0.05, 0) is 38.9 Å². The molecule has 0 saturated heterocycles. The molecule has 0 bridgehead atoms. The maximum absolute atomic E-state index is 5.80. The zero-order valence-corrected chi connectivity index (χ0v) is 12.7. The van der Waals surface area contributed by atoms with Crippen LogP contribution >= 0.6 is 0 Å². The number of hydrogen-bond donors (Lipinski definition) is 1. The fraction of sp³-hybridized carbons (Fsp3) is 0.625. The van der Waals surface area contributed by atoms with Gasteiger partial charge in [-0.3, -0.25) is 0 Å². The molecule has 0 spiro atoms. The first-order valence-corrected chi connectivity index (χ1v) is 7.39. The molecule has 0 radical (unpaired) electrons. The van der Waals surface area contributed by atoms with Crippen LogP contribution in [0.2, 0.25) is 0 Å². The summed E-state index contributed by atoms with van der Waals surface area (Å²) in [5.74, 6) is 1.95. The lowest BCUT2D eigenvalue weighted by Gasteiger charge is -2.12. The van der Waals surface area contributed by atoms with Gasteiger partial charge in [-0.15, -0.1) is 0 Å². The van der Waals surface area contributed by atoms with E-state index in [4.69, 9.17) is 14.2 Å². The molecular weight excluding hydrogens is 254 g/mol. The molecule has 0 amide bonds. The van der Waals surface area contributed by atoms with Gasteiger partial charge in [0.25, 0.3) is 0 Å². The van der Waals surface area contributed by atoms with Crippen molar-refractivity contribution in [1.82, 2.24) is 5.32 Å². The molecule has 1 unspecified atom stereocenters. The van der Waals surface area contributed by atoms with Gasteiger partial charge in [0, 0.05) is 37.3 Å². The quantitative estimate of drug-likeness (QED) is 0.742. The Hall–Kier alpha value is -1.26. The number of hydrogen-bond acceptors (Lipinski definition) is 4. The zero-order valence-electron chi connectivity index (χ0n) is 12.7. The molecule has 112 valence electrons. The average molecular weight is 279 g/mol. The number of fused-ring (bicyclic) bond motifs is 1. The Morgan fingerprint density at radius 3 is 3.00 bits per heavy atom. The third-order valence-electron chi connectivity index (χ3n) is 3.46. The van der Waals surface area contributed by atoms with E-state index in [-0.39, 0.29) is 6.10 Å². The van der Waals surface area contributed by atoms with Gasteiger partial charge < -0.3 is 19.5 Å². The Kier molecular flexibility index (Phi) is 5.68. The largest absolute Gasteiger partial charge is 0.496 e. The monoisotopic (exact) mass is 279 g/mol. The first kappa shape index (κ1) is 15.1. The molecule has 2 rings (SSSR count). The van der Waals surface area contributed by atoms with E-state index >= 15 is 0 Å². The number of nitrogens with one attached hydrogen (secondary N) is 1. The first-order chi connectivity index (χ1) is 9.74. The molecule has 20 heavy (non-hydrogen) atoms. The second-order valence-electron chi connectivity index (χ2n) is 5.13. The Bertz CT molecular complexity index is 434. The average Bonchev–Trinajstić information content (AvgIpc) is 2.80. The molecule has 1 aromatic rings. The van der Waals surface area contributed by atoms with Crippen LogP contribution in [0.1, 0.15) is 31.4 Å². The molecule has 4 heteroatoms. The van der Waals surface area contributed by atoms with Gasteiger partial charge in [0.2, 0.25) is 0 Å². The predicted molar refractivity (Wildman–Crippen MR) is 79.6 cm³/mol. The van der Waals surface area contributed by atoms with Crippen LogP contribution in [0.25, 0.3) is 0 Å². The molecule has 0 saturated carbocycles. The van der Waals surface area contributed by atoms with Crippen molar-refractivity contribution < 1.29 is 14.2 Å². The summed E-state index contributed by atoms with van der Waals surface area (Å²) in [4.78, 5) is 0. The van der Waals surface area contributed by atoms with E-state index in [1.165, 1.54) is 5.56 Å². The van der Waals surface area contributed by atoms with Crippen LogP contribution in [-0.2, 0) is 17.7 Å². The van der Waals surface area contributed by atoms with E-state index in [9.17, 15) is 0 Å². The van der Waals surface area contributed by atoms with Crippen LogP contribution in [0.3, 0.4) is 0 Å². The highest BCUT2D eigenvalue weighted by atomic mass is 16.5. The predicted octanol–water partition coefficient (Wildman–Crippen LogP) is 2.53. The fourth-order valence-electron chi connectivity index (χ4n) is 2.48. The van der Waals surface area contributed by atoms with Gasteiger partial charge in [0.1, 0.15) is 17.6 Å². The molecule has 4 nitrogen and oxygen atoms in total. The molecule has 0 fully saturated rings. The van der Waals surface area contributed by atoms with E-state index in [0.29, 0.717) is 0 Å². The summed E-state index contributed by atoms with van der Waals surface area (Å²) in [5.41, 5.74) is 2.39. The molecule has 1 N–H and O–H groups in total. The molecule has 1 heterocycles. The highest BCUT2D eigenvalue weighted by Crippen LogP contribution is 2.34. The minimum Gasteiger partial charge on any atom is -0.496 e. The van der Waals surface area contributed by atoms with Gasteiger partial charge in [-0.1, -0.05) is 0 Å². The summed E-state index contributed by atoms with van der Waals surface area (Å²) in [6.07, 6.45) is 2.26. The van der Waals surface area contributed by atoms with Crippen LogP contribution in [0, 0.1) is 0 Å². The molecule has 1 atom stereocenters. The third kappa shape index (κ3) is 3.87. The minimum absolute atomic E-state index is 0.268. The maximum atomic E-state index is 5.80. The maximum Gasteiger partial charge on any atom is 0.123 e. The van der Waals surface area contributed by atoms with Crippen LogP contribution in [0.5, 0.6) is 11.5 Å². The standard InChI is InChI=1S/C16H25NO3/c1-4-19-7-5-6-17-11-14-10-16-13(8-12(2)20-16)9-15(14)18-3/h9-10,12,17H,4-8,11H2,1-3H3. The van der Waals surface area contributed by atoms with Gasteiger partial charge in [0.05, 0.1) is 7.11 Å². The van der Waals surface area contributed by atoms with Crippen LogP contribution < -0.4 is 14.8 Å². The van der Waals surface area contributed by atoms with Crippen molar-refractivity contribution in [2.75, 3.05) is 26.9 Å².